The zero-order chi connectivity index (χ0) is 14.2. The quantitative estimate of drug-likeness (QED) is 0.911. The summed E-state index contributed by atoms with van der Waals surface area (Å²) in [7, 11) is 0. The van der Waals surface area contributed by atoms with Crippen LogP contribution < -0.4 is 0 Å². The molecule has 0 bridgehead atoms. The minimum atomic E-state index is -1.18. The number of hydrogen-bond donors (Lipinski definition) is 1. The van der Waals surface area contributed by atoms with Crippen LogP contribution in [0.1, 0.15) is 43.9 Å². The first-order chi connectivity index (χ1) is 8.85. The SMILES string of the molecule is Cc1ccc(F)c(C(O)C(C)(C)N2CCCC2)c1F. The average Bonchev–Trinajstić information content (AvgIpc) is 2.88. The van der Waals surface area contributed by atoms with Crippen LogP contribution in [0.5, 0.6) is 0 Å². The molecule has 0 spiro atoms. The lowest BCUT2D eigenvalue weighted by Crippen LogP contribution is -2.47. The van der Waals surface area contributed by atoms with Crippen molar-refractivity contribution in [3.63, 3.8) is 0 Å². The van der Waals surface area contributed by atoms with Gasteiger partial charge in [0, 0.05) is 5.54 Å². The van der Waals surface area contributed by atoms with Crippen molar-refractivity contribution >= 4 is 0 Å². The van der Waals surface area contributed by atoms with Gasteiger partial charge >= 0.3 is 0 Å². The lowest BCUT2D eigenvalue weighted by atomic mass is 9.88. The lowest BCUT2D eigenvalue weighted by Gasteiger charge is -2.39. The molecule has 1 fully saturated rings. The van der Waals surface area contributed by atoms with Crippen molar-refractivity contribution in [3.05, 3.63) is 34.9 Å². The Morgan fingerprint density at radius 3 is 2.37 bits per heavy atom. The van der Waals surface area contributed by atoms with E-state index in [9.17, 15) is 13.9 Å². The van der Waals surface area contributed by atoms with Gasteiger partial charge in [-0.2, -0.15) is 0 Å². The number of likely N-dealkylation sites (tertiary alicyclic amines) is 1. The Morgan fingerprint density at radius 2 is 1.79 bits per heavy atom. The molecule has 4 heteroatoms. The Bertz CT molecular complexity index is 467. The van der Waals surface area contributed by atoms with E-state index >= 15 is 0 Å². The molecule has 19 heavy (non-hydrogen) atoms. The summed E-state index contributed by atoms with van der Waals surface area (Å²) in [5.41, 5.74) is -0.532. The summed E-state index contributed by atoms with van der Waals surface area (Å²) < 4.78 is 28.0. The molecular weight excluding hydrogens is 248 g/mol. The standard InChI is InChI=1S/C15H21F2NO/c1-10-6-7-11(16)12(13(10)17)14(19)15(2,3)18-8-4-5-9-18/h6-7,14,19H,4-5,8-9H2,1-3H3. The number of benzene rings is 1. The van der Waals surface area contributed by atoms with Gasteiger partial charge in [-0.25, -0.2) is 8.78 Å². The van der Waals surface area contributed by atoms with Gasteiger partial charge in [-0.15, -0.1) is 0 Å². The monoisotopic (exact) mass is 269 g/mol. The van der Waals surface area contributed by atoms with E-state index in [1.807, 2.05) is 13.8 Å². The zero-order valence-corrected chi connectivity index (χ0v) is 11.7. The van der Waals surface area contributed by atoms with Crippen LogP contribution in [0, 0.1) is 18.6 Å². The van der Waals surface area contributed by atoms with Gasteiger partial charge in [0.05, 0.1) is 5.56 Å². The van der Waals surface area contributed by atoms with Crippen molar-refractivity contribution in [2.75, 3.05) is 13.1 Å². The predicted octanol–water partition coefficient (Wildman–Crippen LogP) is 3.18. The Kier molecular flexibility index (Phi) is 3.92. The maximum absolute atomic E-state index is 14.1. The van der Waals surface area contributed by atoms with E-state index in [1.54, 1.807) is 6.92 Å². The van der Waals surface area contributed by atoms with Gasteiger partial charge in [0.15, 0.2) is 0 Å². The molecule has 0 saturated carbocycles. The molecule has 106 valence electrons. The van der Waals surface area contributed by atoms with Crippen molar-refractivity contribution in [3.8, 4) is 0 Å². The van der Waals surface area contributed by atoms with Crippen molar-refractivity contribution < 1.29 is 13.9 Å². The Hall–Kier alpha value is -1.00. The summed E-state index contributed by atoms with van der Waals surface area (Å²) >= 11 is 0. The highest BCUT2D eigenvalue weighted by Crippen LogP contribution is 2.36. The summed E-state index contributed by atoms with van der Waals surface area (Å²) in [6.45, 7) is 6.97. The van der Waals surface area contributed by atoms with Gasteiger partial charge in [0.25, 0.3) is 0 Å². The highest BCUT2D eigenvalue weighted by atomic mass is 19.1. The fourth-order valence-electron chi connectivity index (χ4n) is 2.75. The number of hydrogen-bond acceptors (Lipinski definition) is 2. The van der Waals surface area contributed by atoms with Crippen LogP contribution in [0.2, 0.25) is 0 Å². The number of aliphatic hydroxyl groups excluding tert-OH is 1. The second-order valence-electron chi connectivity index (χ2n) is 5.84. The largest absolute Gasteiger partial charge is 0.386 e. The summed E-state index contributed by atoms with van der Waals surface area (Å²) in [6, 6.07) is 2.61. The normalized spacial score (nSPS) is 18.8. The Labute approximate surface area is 113 Å². The molecule has 1 atom stereocenters. The number of aryl methyl sites for hydroxylation is 1. The van der Waals surface area contributed by atoms with Crippen molar-refractivity contribution in [2.24, 2.45) is 0 Å². The molecule has 0 amide bonds. The van der Waals surface area contributed by atoms with Gasteiger partial charge in [-0.1, -0.05) is 6.07 Å². The molecular formula is C15H21F2NO. The zero-order valence-electron chi connectivity index (χ0n) is 11.7. The smallest absolute Gasteiger partial charge is 0.134 e. The molecule has 1 saturated heterocycles. The van der Waals surface area contributed by atoms with E-state index in [1.165, 1.54) is 12.1 Å². The molecule has 1 aromatic carbocycles. The van der Waals surface area contributed by atoms with Crippen LogP contribution in [-0.2, 0) is 0 Å². The molecule has 2 rings (SSSR count). The van der Waals surface area contributed by atoms with Crippen LogP contribution in [0.4, 0.5) is 8.78 Å². The number of nitrogens with zero attached hydrogens (tertiary/aromatic N) is 1. The van der Waals surface area contributed by atoms with E-state index in [0.29, 0.717) is 5.56 Å². The third kappa shape index (κ3) is 2.51. The van der Waals surface area contributed by atoms with E-state index in [2.05, 4.69) is 4.90 Å². The van der Waals surface area contributed by atoms with Gasteiger partial charge < -0.3 is 5.11 Å². The molecule has 1 N–H and O–H groups in total. The fraction of sp³-hybridized carbons (Fsp3) is 0.600. The first kappa shape index (κ1) is 14.4. The first-order valence-corrected chi connectivity index (χ1v) is 6.73. The molecule has 1 aliphatic heterocycles. The molecule has 1 aromatic rings. The second-order valence-corrected chi connectivity index (χ2v) is 5.84. The highest BCUT2D eigenvalue weighted by molar-refractivity contribution is 5.30. The van der Waals surface area contributed by atoms with Crippen LogP contribution in [0.25, 0.3) is 0 Å². The molecule has 0 radical (unpaired) electrons. The summed E-state index contributed by atoms with van der Waals surface area (Å²) in [5, 5.41) is 10.5. The van der Waals surface area contributed by atoms with Crippen LogP contribution in [0.15, 0.2) is 12.1 Å². The average molecular weight is 269 g/mol. The number of aliphatic hydroxyl groups is 1. The molecule has 0 aliphatic carbocycles. The molecule has 1 heterocycles. The topological polar surface area (TPSA) is 23.5 Å². The minimum absolute atomic E-state index is 0.211. The minimum Gasteiger partial charge on any atom is -0.386 e. The van der Waals surface area contributed by atoms with Gasteiger partial charge in [-0.3, -0.25) is 4.90 Å². The summed E-state index contributed by atoms with van der Waals surface area (Å²) in [6.07, 6.45) is 0.953. The molecule has 1 unspecified atom stereocenters. The summed E-state index contributed by atoms with van der Waals surface area (Å²) in [5.74, 6) is -1.32. The van der Waals surface area contributed by atoms with Crippen LogP contribution >= 0.6 is 0 Å². The number of rotatable bonds is 3. The van der Waals surface area contributed by atoms with E-state index in [-0.39, 0.29) is 5.56 Å². The second kappa shape index (κ2) is 5.17. The first-order valence-electron chi connectivity index (χ1n) is 6.73. The highest BCUT2D eigenvalue weighted by Gasteiger charge is 2.39. The van der Waals surface area contributed by atoms with E-state index in [4.69, 9.17) is 0 Å². The van der Waals surface area contributed by atoms with Gasteiger partial charge in [0.2, 0.25) is 0 Å². The van der Waals surface area contributed by atoms with Crippen LogP contribution in [-0.4, -0.2) is 28.6 Å². The van der Waals surface area contributed by atoms with E-state index < -0.39 is 23.3 Å². The molecule has 1 aliphatic rings. The van der Waals surface area contributed by atoms with Gasteiger partial charge in [0.1, 0.15) is 17.7 Å². The lowest BCUT2D eigenvalue weighted by molar-refractivity contribution is -0.00284. The predicted molar refractivity (Wildman–Crippen MR) is 70.9 cm³/mol. The summed E-state index contributed by atoms with van der Waals surface area (Å²) in [4.78, 5) is 2.10. The molecule has 0 aromatic heterocycles. The third-order valence-electron chi connectivity index (χ3n) is 4.18. The Morgan fingerprint density at radius 1 is 1.21 bits per heavy atom. The maximum Gasteiger partial charge on any atom is 0.134 e. The third-order valence-corrected chi connectivity index (χ3v) is 4.18. The van der Waals surface area contributed by atoms with Crippen LogP contribution in [0.3, 0.4) is 0 Å². The maximum atomic E-state index is 14.1. The molecule has 2 nitrogen and oxygen atoms in total. The van der Waals surface area contributed by atoms with Crippen molar-refractivity contribution in [1.82, 2.24) is 4.90 Å². The van der Waals surface area contributed by atoms with E-state index in [0.717, 1.165) is 25.9 Å². The van der Waals surface area contributed by atoms with Crippen molar-refractivity contribution in [2.45, 2.75) is 45.3 Å². The number of halogens is 2. The fourth-order valence-corrected chi connectivity index (χ4v) is 2.75. The Balaban J connectivity index is 2.38. The van der Waals surface area contributed by atoms with Gasteiger partial charge in [-0.05, 0) is 58.3 Å². The van der Waals surface area contributed by atoms with Crippen molar-refractivity contribution in [1.29, 1.82) is 0 Å².